The molecule has 4 aliphatic rings. The Morgan fingerprint density at radius 1 is 0.740 bits per heavy atom. The van der Waals surface area contributed by atoms with Gasteiger partial charge in [0.1, 0.15) is 17.7 Å². The van der Waals surface area contributed by atoms with Crippen molar-refractivity contribution >= 4 is 0 Å². The van der Waals surface area contributed by atoms with Crippen molar-refractivity contribution in [3.63, 3.8) is 0 Å². The maximum atomic E-state index is 11.2. The maximum absolute atomic E-state index is 11.2. The van der Waals surface area contributed by atoms with Crippen molar-refractivity contribution in [2.45, 2.75) is 63.9 Å². The summed E-state index contributed by atoms with van der Waals surface area (Å²) in [6.45, 7) is 5.85. The van der Waals surface area contributed by atoms with Gasteiger partial charge in [-0.2, -0.15) is 0 Å². The molecule has 0 spiro atoms. The summed E-state index contributed by atoms with van der Waals surface area (Å²) >= 11 is 0. The number of rotatable bonds is 6. The molecule has 264 valence electrons. The molecule has 0 aromatic heterocycles. The van der Waals surface area contributed by atoms with Crippen LogP contribution in [0.2, 0.25) is 0 Å². The summed E-state index contributed by atoms with van der Waals surface area (Å²) in [5.74, 6) is 4.56. The summed E-state index contributed by atoms with van der Waals surface area (Å²) in [5.41, 5.74) is 7.70. The number of ether oxygens (including phenoxy) is 5. The number of benzene rings is 4. The van der Waals surface area contributed by atoms with E-state index < -0.39 is 6.23 Å². The fourth-order valence-electron chi connectivity index (χ4n) is 7.77. The average Bonchev–Trinajstić information content (AvgIpc) is 3.10. The predicted molar refractivity (Wildman–Crippen MR) is 194 cm³/mol. The number of methoxy groups -OCH3 is 3. The van der Waals surface area contributed by atoms with Crippen LogP contribution in [0.5, 0.6) is 40.2 Å². The van der Waals surface area contributed by atoms with Crippen LogP contribution in [0, 0.1) is 0 Å². The van der Waals surface area contributed by atoms with Gasteiger partial charge in [-0.25, -0.2) is 0 Å². The van der Waals surface area contributed by atoms with Gasteiger partial charge in [0.05, 0.1) is 21.3 Å². The standard InChI is InChI=1S/C41H49N3O6/c1-24(2)42-41(45)30-13-10-26-19-32-31-23-36(35(46-5)21-27(31)14-16-43(32)3)50-40-38-28(22-37(47-6)39(40)48-7)15-17-44(4)33(38)18-25-8-11-29(12-9-25)49-34(30)20-26/h8-13,20-24,32-33,41-42,45H,14-19H2,1-7H3/t32-,33+,41?/m1/s1. The molecule has 3 atom stereocenters. The van der Waals surface area contributed by atoms with E-state index in [0.29, 0.717) is 40.1 Å². The van der Waals surface area contributed by atoms with Gasteiger partial charge in [0, 0.05) is 42.3 Å². The quantitative estimate of drug-likeness (QED) is 0.207. The van der Waals surface area contributed by atoms with Crippen LogP contribution in [0.25, 0.3) is 0 Å². The van der Waals surface area contributed by atoms with Crippen molar-refractivity contribution in [3.8, 4) is 40.2 Å². The van der Waals surface area contributed by atoms with Crippen LogP contribution >= 0.6 is 0 Å². The van der Waals surface area contributed by atoms with Crippen molar-refractivity contribution in [2.75, 3.05) is 48.5 Å². The molecule has 0 saturated heterocycles. The van der Waals surface area contributed by atoms with Crippen molar-refractivity contribution in [1.29, 1.82) is 0 Å². The second kappa shape index (κ2) is 14.2. The minimum atomic E-state index is -0.867. The molecule has 8 rings (SSSR count). The number of nitrogens with one attached hydrogen (secondary N) is 1. The molecule has 4 aromatic carbocycles. The predicted octanol–water partition coefficient (Wildman–Crippen LogP) is 7.14. The molecule has 9 nitrogen and oxygen atoms in total. The fourth-order valence-corrected chi connectivity index (χ4v) is 7.77. The van der Waals surface area contributed by atoms with Crippen LogP contribution in [0.1, 0.15) is 71.1 Å². The molecule has 4 aromatic rings. The number of likely N-dealkylation sites (N-methyl/N-ethyl adjacent to an activating group) is 2. The lowest BCUT2D eigenvalue weighted by molar-refractivity contribution is 0.126. The molecule has 4 heterocycles. The van der Waals surface area contributed by atoms with Crippen molar-refractivity contribution in [1.82, 2.24) is 15.1 Å². The Labute approximate surface area is 295 Å². The summed E-state index contributed by atoms with van der Waals surface area (Å²) in [5, 5.41) is 14.4. The van der Waals surface area contributed by atoms with E-state index in [4.69, 9.17) is 23.7 Å². The Hall–Kier alpha value is -4.28. The largest absolute Gasteiger partial charge is 0.493 e. The van der Waals surface area contributed by atoms with Crippen molar-refractivity contribution in [3.05, 3.63) is 99.6 Å². The topological polar surface area (TPSA) is 84.9 Å². The summed E-state index contributed by atoms with van der Waals surface area (Å²) in [7, 11) is 9.39. The molecular formula is C41H49N3O6. The van der Waals surface area contributed by atoms with Gasteiger partial charge in [0.15, 0.2) is 23.0 Å². The highest BCUT2D eigenvalue weighted by atomic mass is 16.5. The lowest BCUT2D eigenvalue weighted by Gasteiger charge is -2.37. The number of nitrogens with zero attached hydrogens (tertiary/aromatic N) is 2. The number of fused-ring (bicyclic) bond motifs is 2. The summed E-state index contributed by atoms with van der Waals surface area (Å²) in [4.78, 5) is 4.79. The van der Waals surface area contributed by atoms with E-state index in [0.717, 1.165) is 61.2 Å². The molecule has 6 bridgehead atoms. The number of aliphatic hydroxyl groups excluding tert-OH is 1. The number of hydrogen-bond acceptors (Lipinski definition) is 9. The Kier molecular flexibility index (Phi) is 9.67. The van der Waals surface area contributed by atoms with Gasteiger partial charge in [-0.15, -0.1) is 0 Å². The van der Waals surface area contributed by atoms with Gasteiger partial charge in [-0.3, -0.25) is 15.1 Å². The van der Waals surface area contributed by atoms with E-state index >= 15 is 0 Å². The van der Waals surface area contributed by atoms with Crippen molar-refractivity contribution in [2.24, 2.45) is 0 Å². The third-order valence-electron chi connectivity index (χ3n) is 10.5. The van der Waals surface area contributed by atoms with Gasteiger partial charge in [0.25, 0.3) is 0 Å². The molecule has 2 N–H and O–H groups in total. The highest BCUT2D eigenvalue weighted by Gasteiger charge is 2.34. The SMILES string of the molecule is COc1cc2c3cc1Oc1c(OC)c(OC)cc4c1[C@H](Cc1ccc(cc1)Oc1cc(ccc1C(O)NC(C)C)C[C@H]3N(C)CC2)N(C)CC4. The minimum absolute atomic E-state index is 0.0160. The molecule has 50 heavy (non-hydrogen) atoms. The molecule has 0 saturated carbocycles. The minimum Gasteiger partial charge on any atom is -0.493 e. The highest BCUT2D eigenvalue weighted by Crippen LogP contribution is 2.51. The smallest absolute Gasteiger partial charge is 0.204 e. The van der Waals surface area contributed by atoms with Crippen LogP contribution in [0.4, 0.5) is 0 Å². The van der Waals surface area contributed by atoms with Gasteiger partial charge < -0.3 is 28.8 Å². The van der Waals surface area contributed by atoms with Crippen LogP contribution in [0.3, 0.4) is 0 Å². The van der Waals surface area contributed by atoms with E-state index in [1.165, 1.54) is 16.7 Å². The van der Waals surface area contributed by atoms with E-state index in [-0.39, 0.29) is 18.1 Å². The summed E-state index contributed by atoms with van der Waals surface area (Å²) < 4.78 is 31.6. The first-order chi connectivity index (χ1) is 24.2. The van der Waals surface area contributed by atoms with Crippen molar-refractivity contribution < 1.29 is 28.8 Å². The second-order valence-corrected chi connectivity index (χ2v) is 14.1. The van der Waals surface area contributed by atoms with Crippen LogP contribution in [0.15, 0.2) is 60.7 Å². The van der Waals surface area contributed by atoms with Gasteiger partial charge in [-0.1, -0.05) is 24.3 Å². The Morgan fingerprint density at radius 2 is 1.40 bits per heavy atom. The fraction of sp³-hybridized carbons (Fsp3) is 0.415. The first kappa shape index (κ1) is 34.2. The zero-order valence-corrected chi connectivity index (χ0v) is 30.2. The summed E-state index contributed by atoms with van der Waals surface area (Å²) in [6, 6.07) is 21.0. The molecule has 1 unspecified atom stereocenters. The third-order valence-corrected chi connectivity index (χ3v) is 10.5. The third kappa shape index (κ3) is 6.51. The Morgan fingerprint density at radius 3 is 2.10 bits per heavy atom. The van der Waals surface area contributed by atoms with E-state index in [1.54, 1.807) is 21.3 Å². The lowest BCUT2D eigenvalue weighted by atomic mass is 9.87. The van der Waals surface area contributed by atoms with Gasteiger partial charge in [0.2, 0.25) is 5.75 Å². The highest BCUT2D eigenvalue weighted by molar-refractivity contribution is 5.63. The van der Waals surface area contributed by atoms with Crippen LogP contribution < -0.4 is 29.0 Å². The molecule has 9 heteroatoms. The van der Waals surface area contributed by atoms with E-state index in [2.05, 4.69) is 71.7 Å². The number of aliphatic hydroxyl groups is 1. The number of hydrogen-bond donors (Lipinski definition) is 2. The molecule has 0 amide bonds. The van der Waals surface area contributed by atoms with Crippen LogP contribution in [-0.4, -0.2) is 69.5 Å². The van der Waals surface area contributed by atoms with E-state index in [9.17, 15) is 5.11 Å². The summed E-state index contributed by atoms with van der Waals surface area (Å²) in [6.07, 6.45) is 2.38. The maximum Gasteiger partial charge on any atom is 0.204 e. The second-order valence-electron chi connectivity index (χ2n) is 14.1. The first-order valence-corrected chi connectivity index (χ1v) is 17.6. The molecule has 0 fully saturated rings. The zero-order chi connectivity index (χ0) is 35.1. The van der Waals surface area contributed by atoms with Crippen LogP contribution in [-0.2, 0) is 25.7 Å². The lowest BCUT2D eigenvalue weighted by Crippen LogP contribution is -2.34. The Bertz CT molecular complexity index is 1860. The molecule has 0 radical (unpaired) electrons. The van der Waals surface area contributed by atoms with E-state index in [1.807, 2.05) is 32.0 Å². The first-order valence-electron chi connectivity index (χ1n) is 17.6. The Balaban J connectivity index is 1.43. The van der Waals surface area contributed by atoms with Gasteiger partial charge >= 0.3 is 0 Å². The molecule has 0 aliphatic carbocycles. The molecule has 4 aliphatic heterocycles. The average molecular weight is 680 g/mol. The van der Waals surface area contributed by atoms with Gasteiger partial charge in [-0.05, 0) is 118 Å². The zero-order valence-electron chi connectivity index (χ0n) is 30.2. The molecular weight excluding hydrogens is 630 g/mol. The monoisotopic (exact) mass is 679 g/mol. The normalized spacial score (nSPS) is 19.5.